The summed E-state index contributed by atoms with van der Waals surface area (Å²) in [6, 6.07) is 55.7. The third kappa shape index (κ3) is 36.6. The van der Waals surface area contributed by atoms with Crippen LogP contribution in [-0.2, 0) is 0 Å². The van der Waals surface area contributed by atoms with Crippen molar-refractivity contribution in [2.45, 2.75) is 293 Å². The van der Waals surface area contributed by atoms with E-state index in [1.165, 1.54) is 176 Å². The second-order valence-electron chi connectivity index (χ2n) is 35.5. The molecule has 0 heterocycles. The standard InChI is InChI=1S/C88H134O10Si6/c1-99(2,3)62-34-66-103(11,12)70-36-68-101(7,8)64-31-27-23-19-15-17-21-25-29-60-93-79-50-42-74(43-51-79)85(89)96-82-56-46-76(47-57-82)87(91)95-81-54-40-73(41-55-81)78-38-33-39-84(72-78)98-88(92)77-48-58-83(59-49-77)97-86(90)75-44-52-80(53-45-75)94-61-30-26-22-18-16-20-24-28-32-65-102(9,10)69-37-71-104(13,14)67-35-63-100(4,5)6/h33,38-59,72H,15-32,34-37,60-71H2,1-14H3. The van der Waals surface area contributed by atoms with Gasteiger partial charge in [-0.25, -0.2) is 19.2 Å². The van der Waals surface area contributed by atoms with Gasteiger partial charge in [0.15, 0.2) is 0 Å². The lowest BCUT2D eigenvalue weighted by Crippen LogP contribution is -2.29. The summed E-state index contributed by atoms with van der Waals surface area (Å²) in [6.07, 6.45) is 29.0. The van der Waals surface area contributed by atoms with Gasteiger partial charge in [0, 0.05) is 48.4 Å². The minimum absolute atomic E-state index is 0.285. The lowest BCUT2D eigenvalue weighted by molar-refractivity contribution is 0.0720. The SMILES string of the molecule is C[Si](C)(C)CCC[Si](C)(C)CCC[Si](C)(C)CCCCCCCCCCCOc1ccc(C(=O)Oc2ccc(C(=O)Oc3ccc(-c4cccc(OC(=O)c5ccc(OC(=O)c6ccc(OCCCCCCCCCCC[Si](C)(C)CCC[Si](C)(C)CCC[Si](C)(C)C)cc6)cc5)c4)cc3)cc2)cc1. The monoisotopic (exact) mass is 1520 g/mol. The number of unbranched alkanes of at least 4 members (excludes halogenated alkanes) is 16. The number of hydrogen-bond acceptors (Lipinski definition) is 10. The first kappa shape index (κ1) is 87.0. The van der Waals surface area contributed by atoms with Gasteiger partial charge in [-0.15, -0.1) is 0 Å². The molecule has 0 spiro atoms. The van der Waals surface area contributed by atoms with E-state index >= 15 is 0 Å². The fraction of sp³-hybridized carbons (Fsp3) is 0.545. The lowest BCUT2D eigenvalue weighted by atomic mass is 10.1. The molecule has 0 aliphatic heterocycles. The Morgan fingerprint density at radius 3 is 0.769 bits per heavy atom. The summed E-state index contributed by atoms with van der Waals surface area (Å²) < 4.78 is 34.7. The Morgan fingerprint density at radius 1 is 0.231 bits per heavy atom. The molecule has 16 heteroatoms. The molecule has 0 radical (unpaired) electrons. The van der Waals surface area contributed by atoms with Gasteiger partial charge in [-0.1, -0.05) is 305 Å². The molecule has 0 fully saturated rings. The van der Waals surface area contributed by atoms with E-state index in [1.807, 2.05) is 18.2 Å². The molecule has 0 amide bonds. The number of carbonyl (C=O) groups excluding carboxylic acids is 4. The van der Waals surface area contributed by atoms with E-state index in [0.717, 1.165) is 48.3 Å². The van der Waals surface area contributed by atoms with E-state index in [9.17, 15) is 19.2 Å². The first-order valence-corrected chi connectivity index (χ1v) is 61.2. The summed E-state index contributed by atoms with van der Waals surface area (Å²) in [7, 11) is -6.02. The molecule has 6 rings (SSSR count). The van der Waals surface area contributed by atoms with Gasteiger partial charge < -0.3 is 28.4 Å². The van der Waals surface area contributed by atoms with E-state index in [4.69, 9.17) is 28.4 Å². The van der Waals surface area contributed by atoms with Crippen LogP contribution in [0.3, 0.4) is 0 Å². The maximum atomic E-state index is 13.3. The molecule has 0 N–H and O–H groups in total. The van der Waals surface area contributed by atoms with Crippen LogP contribution in [0.1, 0.15) is 183 Å². The average molecular weight is 1520 g/mol. The summed E-state index contributed by atoms with van der Waals surface area (Å²) in [4.78, 5) is 52.5. The van der Waals surface area contributed by atoms with Gasteiger partial charge in [0.25, 0.3) is 0 Å². The van der Waals surface area contributed by atoms with Crippen molar-refractivity contribution in [3.8, 4) is 45.6 Å². The van der Waals surface area contributed by atoms with Crippen molar-refractivity contribution in [2.24, 2.45) is 0 Å². The first-order valence-electron chi connectivity index (χ1n) is 40.1. The summed E-state index contributed by atoms with van der Waals surface area (Å²) in [5, 5.41) is 0. The Hall–Kier alpha value is -5.90. The predicted molar refractivity (Wildman–Crippen MR) is 455 cm³/mol. The van der Waals surface area contributed by atoms with Gasteiger partial charge in [-0.2, -0.15) is 0 Å². The van der Waals surface area contributed by atoms with E-state index in [0.29, 0.717) is 47.3 Å². The molecule has 0 bridgehead atoms. The maximum absolute atomic E-state index is 13.3. The van der Waals surface area contributed by atoms with Crippen LogP contribution in [0.2, 0.25) is 152 Å². The number of rotatable bonds is 51. The molecule has 0 aromatic heterocycles. The predicted octanol–water partition coefficient (Wildman–Crippen LogP) is 27.1. The smallest absolute Gasteiger partial charge is 0.343 e. The van der Waals surface area contributed by atoms with Crippen molar-refractivity contribution in [3.05, 3.63) is 168 Å². The molecule has 0 aliphatic rings. The number of hydrogen-bond donors (Lipinski definition) is 0. The second kappa shape index (κ2) is 44.4. The Balaban J connectivity index is 0.779. The third-order valence-corrected chi connectivity index (χ3v) is 38.1. The van der Waals surface area contributed by atoms with Gasteiger partial charge >= 0.3 is 23.9 Å². The Morgan fingerprint density at radius 2 is 0.471 bits per heavy atom. The van der Waals surface area contributed by atoms with E-state index in [1.54, 1.807) is 127 Å². The van der Waals surface area contributed by atoms with Crippen molar-refractivity contribution in [2.75, 3.05) is 13.2 Å². The summed E-state index contributed by atoms with van der Waals surface area (Å²) >= 11 is 0. The molecule has 0 atom stereocenters. The number of benzene rings is 6. The topological polar surface area (TPSA) is 124 Å². The largest absolute Gasteiger partial charge is 0.494 e. The molecule has 0 saturated heterocycles. The third-order valence-electron chi connectivity index (χ3n) is 20.7. The molecule has 570 valence electrons. The fourth-order valence-corrected chi connectivity index (χ4v) is 28.0. The summed E-state index contributed by atoms with van der Waals surface area (Å²) in [5.41, 5.74) is 2.95. The minimum Gasteiger partial charge on any atom is -0.494 e. The van der Waals surface area contributed by atoms with Crippen LogP contribution in [-0.4, -0.2) is 85.5 Å². The summed E-state index contributed by atoms with van der Waals surface area (Å²) in [6.45, 7) is 37.5. The molecular formula is C88H134O10Si6. The van der Waals surface area contributed by atoms with Crippen molar-refractivity contribution >= 4 is 72.3 Å². The van der Waals surface area contributed by atoms with Crippen LogP contribution in [0, 0.1) is 0 Å². The molecule has 6 aromatic carbocycles. The highest BCUT2D eigenvalue weighted by molar-refractivity contribution is 6.80. The van der Waals surface area contributed by atoms with Crippen LogP contribution in [0.25, 0.3) is 11.1 Å². The zero-order chi connectivity index (χ0) is 75.5. The molecule has 0 unspecified atom stereocenters. The number of carbonyl (C=O) groups is 4. The van der Waals surface area contributed by atoms with Gasteiger partial charge in [0.2, 0.25) is 0 Å². The molecule has 10 nitrogen and oxygen atoms in total. The first-order chi connectivity index (χ1) is 49.4. The van der Waals surface area contributed by atoms with Crippen molar-refractivity contribution < 1.29 is 47.6 Å². The molecule has 104 heavy (non-hydrogen) atoms. The highest BCUT2D eigenvalue weighted by Gasteiger charge is 2.28. The van der Waals surface area contributed by atoms with E-state index < -0.39 is 72.3 Å². The Kier molecular flexibility index (Phi) is 37.2. The van der Waals surface area contributed by atoms with Gasteiger partial charge in [0.05, 0.1) is 35.5 Å². The van der Waals surface area contributed by atoms with Crippen molar-refractivity contribution in [1.82, 2.24) is 0 Å². The van der Waals surface area contributed by atoms with Gasteiger partial charge in [0.1, 0.15) is 34.5 Å². The Bertz CT molecular complexity index is 3460. The number of ether oxygens (including phenoxy) is 6. The average Bonchev–Trinajstić information content (AvgIpc) is 0.855. The minimum atomic E-state index is -1.07. The number of esters is 4. The Labute approximate surface area is 635 Å². The fourth-order valence-electron chi connectivity index (χ4n) is 13.9. The van der Waals surface area contributed by atoms with Crippen molar-refractivity contribution in [1.29, 1.82) is 0 Å². The van der Waals surface area contributed by atoms with Gasteiger partial charge in [-0.05, 0) is 145 Å². The van der Waals surface area contributed by atoms with E-state index in [-0.39, 0.29) is 11.1 Å². The van der Waals surface area contributed by atoms with E-state index in [2.05, 4.69) is 91.7 Å². The van der Waals surface area contributed by atoms with Crippen LogP contribution in [0.4, 0.5) is 0 Å². The normalized spacial score (nSPS) is 12.2. The highest BCUT2D eigenvalue weighted by atomic mass is 28.3. The summed E-state index contributed by atoms with van der Waals surface area (Å²) in [5.74, 6) is 0.542. The molecule has 0 aliphatic carbocycles. The molecular weight excluding hydrogens is 1390 g/mol. The lowest BCUT2D eigenvalue weighted by Gasteiger charge is -2.27. The van der Waals surface area contributed by atoms with Crippen LogP contribution >= 0.6 is 0 Å². The zero-order valence-electron chi connectivity index (χ0n) is 67.0. The van der Waals surface area contributed by atoms with Crippen molar-refractivity contribution in [3.63, 3.8) is 0 Å². The second-order valence-corrected chi connectivity index (χ2v) is 68.0. The molecule has 0 saturated carbocycles. The van der Waals surface area contributed by atoms with Crippen LogP contribution in [0.5, 0.6) is 34.5 Å². The molecule has 6 aromatic rings. The highest BCUT2D eigenvalue weighted by Crippen LogP contribution is 2.33. The quantitative estimate of drug-likeness (QED) is 0.0158. The van der Waals surface area contributed by atoms with Crippen LogP contribution < -0.4 is 28.4 Å². The van der Waals surface area contributed by atoms with Gasteiger partial charge in [-0.3, -0.25) is 0 Å². The zero-order valence-corrected chi connectivity index (χ0v) is 73.0. The maximum Gasteiger partial charge on any atom is 0.343 e. The van der Waals surface area contributed by atoms with Crippen LogP contribution in [0.15, 0.2) is 146 Å².